The zero-order valence-corrected chi connectivity index (χ0v) is 15.7. The predicted molar refractivity (Wildman–Crippen MR) is 109 cm³/mol. The van der Waals surface area contributed by atoms with Crippen LogP contribution >= 0.6 is 0 Å². The summed E-state index contributed by atoms with van der Waals surface area (Å²) in [6.45, 7) is 6.19. The second kappa shape index (κ2) is 7.91. The third kappa shape index (κ3) is 5.57. The molecule has 0 saturated heterocycles. The molecule has 3 rings (SSSR count). The number of rotatable bonds is 5. The number of anilines is 2. The van der Waals surface area contributed by atoms with Crippen LogP contribution in [-0.4, -0.2) is 16.4 Å². The van der Waals surface area contributed by atoms with E-state index in [1.54, 1.807) is 24.4 Å². The molecule has 1 heterocycles. The van der Waals surface area contributed by atoms with Crippen LogP contribution in [0.1, 0.15) is 31.3 Å². The van der Waals surface area contributed by atoms with E-state index in [1.165, 1.54) is 0 Å². The summed E-state index contributed by atoms with van der Waals surface area (Å²) in [5, 5.41) is 6.19. The normalized spacial score (nSPS) is 10.9. The van der Waals surface area contributed by atoms with E-state index in [0.29, 0.717) is 17.1 Å². The number of carbonyl (C=O) groups excluding carboxylic acids is 1. The Balaban J connectivity index is 1.65. The van der Waals surface area contributed by atoms with Gasteiger partial charge in [0.25, 0.3) is 5.91 Å². The van der Waals surface area contributed by atoms with Crippen molar-refractivity contribution in [1.82, 2.24) is 4.98 Å². The van der Waals surface area contributed by atoms with Crippen LogP contribution in [0, 0.1) is 0 Å². The van der Waals surface area contributed by atoms with Crippen molar-refractivity contribution in [3.05, 3.63) is 78.6 Å². The van der Waals surface area contributed by atoms with Gasteiger partial charge in [0.05, 0.1) is 0 Å². The third-order valence-electron chi connectivity index (χ3n) is 3.60. The molecule has 2 aromatic carbocycles. The van der Waals surface area contributed by atoms with Crippen molar-refractivity contribution in [3.8, 4) is 11.5 Å². The average Bonchev–Trinajstić information content (AvgIpc) is 2.63. The summed E-state index contributed by atoms with van der Waals surface area (Å²) in [6.07, 6.45) is 1.62. The fraction of sp³-hybridized carbons (Fsp3) is 0.182. The van der Waals surface area contributed by atoms with Gasteiger partial charge in [0.2, 0.25) is 0 Å². The van der Waals surface area contributed by atoms with E-state index in [2.05, 4.69) is 36.4 Å². The summed E-state index contributed by atoms with van der Waals surface area (Å²) in [7, 11) is 0. The summed E-state index contributed by atoms with van der Waals surface area (Å²) >= 11 is 0. The molecule has 5 heteroatoms. The van der Waals surface area contributed by atoms with E-state index in [1.807, 2.05) is 48.5 Å². The van der Waals surface area contributed by atoms with Gasteiger partial charge < -0.3 is 15.4 Å². The SMILES string of the molecule is CC(C)(C)Nc1ccnc(C(=O)Nc2ccc(Oc3ccccc3)cc2)c1. The molecule has 0 fully saturated rings. The van der Waals surface area contributed by atoms with Crippen molar-refractivity contribution in [3.63, 3.8) is 0 Å². The van der Waals surface area contributed by atoms with Gasteiger partial charge in [-0.15, -0.1) is 0 Å². The Labute approximate surface area is 159 Å². The van der Waals surface area contributed by atoms with Gasteiger partial charge in [-0.05, 0) is 69.3 Å². The molecule has 3 aromatic rings. The molecular formula is C22H23N3O2. The Morgan fingerprint density at radius 3 is 2.22 bits per heavy atom. The van der Waals surface area contributed by atoms with Crippen molar-refractivity contribution in [2.75, 3.05) is 10.6 Å². The fourth-order valence-corrected chi connectivity index (χ4v) is 2.49. The van der Waals surface area contributed by atoms with Crippen molar-refractivity contribution < 1.29 is 9.53 Å². The molecular weight excluding hydrogens is 338 g/mol. The van der Waals surface area contributed by atoms with Gasteiger partial charge in [-0.1, -0.05) is 18.2 Å². The van der Waals surface area contributed by atoms with E-state index in [9.17, 15) is 4.79 Å². The highest BCUT2D eigenvalue weighted by Crippen LogP contribution is 2.23. The number of hydrogen-bond donors (Lipinski definition) is 2. The highest BCUT2D eigenvalue weighted by molar-refractivity contribution is 6.03. The number of nitrogens with one attached hydrogen (secondary N) is 2. The maximum absolute atomic E-state index is 12.5. The van der Waals surface area contributed by atoms with Crippen LogP contribution in [0.25, 0.3) is 0 Å². The molecule has 138 valence electrons. The standard InChI is InChI=1S/C22H23N3O2/c1-22(2,3)25-17-13-14-23-20(15-17)21(26)24-16-9-11-19(12-10-16)27-18-7-5-4-6-8-18/h4-15H,1-3H3,(H,23,25)(H,24,26). The largest absolute Gasteiger partial charge is 0.457 e. The molecule has 0 aliphatic heterocycles. The van der Waals surface area contributed by atoms with Gasteiger partial charge in [0.1, 0.15) is 17.2 Å². The lowest BCUT2D eigenvalue weighted by Gasteiger charge is -2.22. The van der Waals surface area contributed by atoms with Crippen LogP contribution in [0.15, 0.2) is 72.9 Å². The third-order valence-corrected chi connectivity index (χ3v) is 3.60. The van der Waals surface area contributed by atoms with Crippen molar-refractivity contribution in [2.45, 2.75) is 26.3 Å². The first-order chi connectivity index (χ1) is 12.9. The zero-order chi connectivity index (χ0) is 19.3. The number of para-hydroxylation sites is 1. The van der Waals surface area contributed by atoms with Crippen molar-refractivity contribution in [1.29, 1.82) is 0 Å². The van der Waals surface area contributed by atoms with Crippen LogP contribution in [-0.2, 0) is 0 Å². The molecule has 2 N–H and O–H groups in total. The number of hydrogen-bond acceptors (Lipinski definition) is 4. The molecule has 27 heavy (non-hydrogen) atoms. The highest BCUT2D eigenvalue weighted by Gasteiger charge is 2.12. The van der Waals surface area contributed by atoms with Gasteiger partial charge >= 0.3 is 0 Å². The van der Waals surface area contributed by atoms with E-state index in [-0.39, 0.29) is 11.4 Å². The minimum Gasteiger partial charge on any atom is -0.457 e. The number of amides is 1. The Morgan fingerprint density at radius 1 is 0.889 bits per heavy atom. The van der Waals surface area contributed by atoms with E-state index in [4.69, 9.17) is 4.74 Å². The van der Waals surface area contributed by atoms with Crippen LogP contribution in [0.5, 0.6) is 11.5 Å². The van der Waals surface area contributed by atoms with Gasteiger partial charge in [-0.2, -0.15) is 0 Å². The molecule has 0 aliphatic carbocycles. The summed E-state index contributed by atoms with van der Waals surface area (Å²) in [6, 6.07) is 20.4. The maximum atomic E-state index is 12.5. The molecule has 0 atom stereocenters. The molecule has 0 saturated carbocycles. The second-order valence-electron chi connectivity index (χ2n) is 7.20. The number of carbonyl (C=O) groups is 1. The maximum Gasteiger partial charge on any atom is 0.274 e. The van der Waals surface area contributed by atoms with Crippen LogP contribution in [0.3, 0.4) is 0 Å². The summed E-state index contributed by atoms with van der Waals surface area (Å²) in [4.78, 5) is 16.6. The monoisotopic (exact) mass is 361 g/mol. The predicted octanol–water partition coefficient (Wildman–Crippen LogP) is 5.34. The lowest BCUT2D eigenvalue weighted by Crippen LogP contribution is -2.26. The van der Waals surface area contributed by atoms with E-state index >= 15 is 0 Å². The minimum absolute atomic E-state index is 0.0936. The Bertz CT molecular complexity index is 901. The molecule has 0 radical (unpaired) electrons. The number of ether oxygens (including phenoxy) is 1. The highest BCUT2D eigenvalue weighted by atomic mass is 16.5. The Morgan fingerprint density at radius 2 is 1.56 bits per heavy atom. The smallest absolute Gasteiger partial charge is 0.274 e. The summed E-state index contributed by atoms with van der Waals surface area (Å²) in [5.41, 5.74) is 1.79. The lowest BCUT2D eigenvalue weighted by molar-refractivity contribution is 0.102. The van der Waals surface area contributed by atoms with Crippen LogP contribution in [0.4, 0.5) is 11.4 Å². The molecule has 0 spiro atoms. The van der Waals surface area contributed by atoms with Crippen LogP contribution in [0.2, 0.25) is 0 Å². The van der Waals surface area contributed by atoms with E-state index in [0.717, 1.165) is 11.4 Å². The quantitative estimate of drug-likeness (QED) is 0.644. The first kappa shape index (κ1) is 18.5. The Kier molecular flexibility index (Phi) is 5.41. The number of pyridine rings is 1. The average molecular weight is 361 g/mol. The fourth-order valence-electron chi connectivity index (χ4n) is 2.49. The molecule has 0 bridgehead atoms. The summed E-state index contributed by atoms with van der Waals surface area (Å²) < 4.78 is 5.75. The molecule has 1 aromatic heterocycles. The minimum atomic E-state index is -0.260. The molecule has 0 aliphatic rings. The van der Waals surface area contributed by atoms with Gasteiger partial charge in [-0.25, -0.2) is 0 Å². The topological polar surface area (TPSA) is 63.2 Å². The Hall–Kier alpha value is -3.34. The first-order valence-corrected chi connectivity index (χ1v) is 8.78. The molecule has 1 amide bonds. The van der Waals surface area contributed by atoms with Crippen molar-refractivity contribution >= 4 is 17.3 Å². The van der Waals surface area contributed by atoms with Gasteiger partial charge in [0.15, 0.2) is 0 Å². The first-order valence-electron chi connectivity index (χ1n) is 8.78. The molecule has 0 unspecified atom stereocenters. The number of nitrogens with zero attached hydrogens (tertiary/aromatic N) is 1. The number of benzene rings is 2. The molecule has 5 nitrogen and oxygen atoms in total. The zero-order valence-electron chi connectivity index (χ0n) is 15.7. The number of aromatic nitrogens is 1. The van der Waals surface area contributed by atoms with Crippen molar-refractivity contribution in [2.24, 2.45) is 0 Å². The lowest BCUT2D eigenvalue weighted by atomic mass is 10.1. The second-order valence-corrected chi connectivity index (χ2v) is 7.20. The van der Waals surface area contributed by atoms with Crippen LogP contribution < -0.4 is 15.4 Å². The summed E-state index contributed by atoms with van der Waals surface area (Å²) in [5.74, 6) is 1.21. The van der Waals surface area contributed by atoms with Gasteiger partial charge in [0, 0.05) is 23.1 Å². The van der Waals surface area contributed by atoms with E-state index < -0.39 is 0 Å². The van der Waals surface area contributed by atoms with Gasteiger partial charge in [-0.3, -0.25) is 9.78 Å².